The highest BCUT2D eigenvalue weighted by molar-refractivity contribution is 5.84. The number of aldehydes is 1. The van der Waals surface area contributed by atoms with Gasteiger partial charge in [0.15, 0.2) is 12.1 Å². The molecule has 28 heavy (non-hydrogen) atoms. The molecule has 0 atom stereocenters. The van der Waals surface area contributed by atoms with Crippen LogP contribution in [0.25, 0.3) is 17.5 Å². The Hall–Kier alpha value is -2.77. The number of carbonyl (C=O) groups excluding carboxylic acids is 1. The Kier molecular flexibility index (Phi) is 7.25. The van der Waals surface area contributed by atoms with E-state index in [-0.39, 0.29) is 17.0 Å². The number of rotatable bonds is 8. The lowest BCUT2D eigenvalue weighted by molar-refractivity contribution is -0.138. The van der Waals surface area contributed by atoms with E-state index in [1.807, 2.05) is 11.9 Å². The van der Waals surface area contributed by atoms with E-state index < -0.39 is 17.6 Å². The molecule has 0 spiro atoms. The minimum absolute atomic E-state index is 0.0763. The summed E-state index contributed by atoms with van der Waals surface area (Å²) < 4.78 is 52.3. The number of aromatic nitrogens is 2. The lowest BCUT2D eigenvalue weighted by atomic mass is 10.0. The molecule has 0 fully saturated rings. The van der Waals surface area contributed by atoms with Crippen LogP contribution in [0.2, 0.25) is 0 Å². The Morgan fingerprint density at radius 1 is 1.11 bits per heavy atom. The average Bonchev–Trinajstić information content (AvgIpc) is 2.66. The van der Waals surface area contributed by atoms with Gasteiger partial charge in [-0.3, -0.25) is 4.79 Å². The van der Waals surface area contributed by atoms with Gasteiger partial charge in [-0.25, -0.2) is 14.4 Å². The van der Waals surface area contributed by atoms with E-state index in [4.69, 9.17) is 0 Å². The van der Waals surface area contributed by atoms with Gasteiger partial charge in [-0.15, -0.1) is 0 Å². The van der Waals surface area contributed by atoms with Gasteiger partial charge in [0.1, 0.15) is 5.82 Å². The van der Waals surface area contributed by atoms with Crippen molar-refractivity contribution in [3.63, 3.8) is 0 Å². The zero-order chi connectivity index (χ0) is 20.7. The van der Waals surface area contributed by atoms with E-state index in [0.717, 1.165) is 31.9 Å². The van der Waals surface area contributed by atoms with Gasteiger partial charge in [-0.1, -0.05) is 19.8 Å². The summed E-state index contributed by atoms with van der Waals surface area (Å²) in [7, 11) is 1.89. The number of benzene rings is 1. The maximum Gasteiger partial charge on any atom is 0.419 e. The number of halogens is 4. The molecule has 0 aliphatic carbocycles. The third kappa shape index (κ3) is 5.61. The standard InChI is InChI=1S/C20H21F4N3O/c1-3-4-5-7-27(2)8-6-14-9-17(18(21)10-15(14)13-28)19-25-11-16(12-26-19)20(22,23)24/h6,8-13H,3-5,7H2,1-2H3/b8-6-. The van der Waals surface area contributed by atoms with Crippen LogP contribution in [-0.2, 0) is 6.18 Å². The molecule has 2 rings (SSSR count). The van der Waals surface area contributed by atoms with Crippen molar-refractivity contribution in [3.8, 4) is 11.4 Å². The predicted octanol–water partition coefficient (Wildman–Crippen LogP) is 5.21. The third-order valence-electron chi connectivity index (χ3n) is 4.14. The molecule has 1 heterocycles. The van der Waals surface area contributed by atoms with E-state index >= 15 is 0 Å². The summed E-state index contributed by atoms with van der Waals surface area (Å²) in [5, 5.41) is 0. The minimum atomic E-state index is -4.57. The van der Waals surface area contributed by atoms with Crippen molar-refractivity contribution < 1.29 is 22.4 Å². The van der Waals surface area contributed by atoms with Crippen LogP contribution in [0.4, 0.5) is 17.6 Å². The van der Waals surface area contributed by atoms with Crippen LogP contribution in [-0.4, -0.2) is 34.7 Å². The van der Waals surface area contributed by atoms with Crippen molar-refractivity contribution in [2.75, 3.05) is 13.6 Å². The number of hydrogen-bond acceptors (Lipinski definition) is 4. The van der Waals surface area contributed by atoms with Crippen molar-refractivity contribution >= 4 is 12.4 Å². The molecule has 0 bridgehead atoms. The molecule has 0 N–H and O–H groups in total. The number of carbonyl (C=O) groups is 1. The topological polar surface area (TPSA) is 46.1 Å². The molecule has 1 aromatic heterocycles. The van der Waals surface area contributed by atoms with E-state index in [2.05, 4.69) is 16.9 Å². The van der Waals surface area contributed by atoms with Gasteiger partial charge in [-0.2, -0.15) is 13.2 Å². The van der Waals surface area contributed by atoms with Crippen molar-refractivity contribution in [1.82, 2.24) is 14.9 Å². The van der Waals surface area contributed by atoms with Crippen LogP contribution in [0, 0.1) is 5.82 Å². The largest absolute Gasteiger partial charge is 0.419 e. The summed E-state index contributed by atoms with van der Waals surface area (Å²) in [6.07, 6.45) is 3.80. The first-order valence-electron chi connectivity index (χ1n) is 8.83. The van der Waals surface area contributed by atoms with Gasteiger partial charge >= 0.3 is 6.18 Å². The summed E-state index contributed by atoms with van der Waals surface area (Å²) >= 11 is 0. The van der Waals surface area contributed by atoms with Crippen molar-refractivity contribution in [1.29, 1.82) is 0 Å². The molecule has 0 amide bonds. The second kappa shape index (κ2) is 9.43. The zero-order valence-corrected chi connectivity index (χ0v) is 15.6. The van der Waals surface area contributed by atoms with E-state index in [1.165, 1.54) is 6.07 Å². The summed E-state index contributed by atoms with van der Waals surface area (Å²) in [5.74, 6) is -0.968. The predicted molar refractivity (Wildman–Crippen MR) is 99.0 cm³/mol. The normalized spacial score (nSPS) is 11.8. The Labute approximate surface area is 160 Å². The SMILES string of the molecule is CCCCCN(C)/C=C\c1cc(-c2ncc(C(F)(F)F)cn2)c(F)cc1C=O. The van der Waals surface area contributed by atoms with E-state index in [0.29, 0.717) is 24.2 Å². The summed E-state index contributed by atoms with van der Waals surface area (Å²) in [6, 6.07) is 2.39. The molecule has 8 heteroatoms. The molecule has 0 saturated heterocycles. The molecule has 0 unspecified atom stereocenters. The first kappa shape index (κ1) is 21.5. The van der Waals surface area contributed by atoms with E-state index in [1.54, 1.807) is 12.3 Å². The molecule has 0 saturated carbocycles. The third-order valence-corrected chi connectivity index (χ3v) is 4.14. The Bertz CT molecular complexity index is 833. The lowest BCUT2D eigenvalue weighted by Gasteiger charge is -2.14. The second-order valence-electron chi connectivity index (χ2n) is 6.38. The Balaban J connectivity index is 2.32. The van der Waals surface area contributed by atoms with Crippen molar-refractivity contribution in [2.24, 2.45) is 0 Å². The maximum atomic E-state index is 14.3. The Morgan fingerprint density at radius 2 is 1.79 bits per heavy atom. The average molecular weight is 395 g/mol. The maximum absolute atomic E-state index is 14.3. The highest BCUT2D eigenvalue weighted by Crippen LogP contribution is 2.29. The molecule has 0 aliphatic rings. The first-order chi connectivity index (χ1) is 13.3. The van der Waals surface area contributed by atoms with Crippen LogP contribution < -0.4 is 0 Å². The smallest absolute Gasteiger partial charge is 0.380 e. The number of hydrogen-bond donors (Lipinski definition) is 0. The zero-order valence-electron chi connectivity index (χ0n) is 15.6. The lowest BCUT2D eigenvalue weighted by Crippen LogP contribution is -2.11. The molecule has 2 aromatic rings. The summed E-state index contributed by atoms with van der Waals surface area (Å²) in [4.78, 5) is 20.5. The molecule has 0 aliphatic heterocycles. The summed E-state index contributed by atoms with van der Waals surface area (Å²) in [5.41, 5.74) is -0.536. The fraction of sp³-hybridized carbons (Fsp3) is 0.350. The molecule has 4 nitrogen and oxygen atoms in total. The minimum Gasteiger partial charge on any atom is -0.380 e. The quantitative estimate of drug-likeness (QED) is 0.350. The number of alkyl halides is 3. The number of unbranched alkanes of at least 4 members (excludes halogenated alkanes) is 2. The van der Waals surface area contributed by atoms with Crippen molar-refractivity contribution in [2.45, 2.75) is 32.4 Å². The first-order valence-corrected chi connectivity index (χ1v) is 8.83. The molecule has 1 aromatic carbocycles. The highest BCUT2D eigenvalue weighted by Gasteiger charge is 2.31. The molecular formula is C20H21F4N3O. The molecule has 150 valence electrons. The fourth-order valence-electron chi connectivity index (χ4n) is 2.53. The van der Waals surface area contributed by atoms with Crippen LogP contribution in [0.3, 0.4) is 0 Å². The van der Waals surface area contributed by atoms with Gasteiger partial charge in [0.05, 0.1) is 11.1 Å². The van der Waals surface area contributed by atoms with Gasteiger partial charge in [-0.05, 0) is 36.4 Å². The van der Waals surface area contributed by atoms with Crippen LogP contribution in [0.5, 0.6) is 0 Å². The highest BCUT2D eigenvalue weighted by atomic mass is 19.4. The van der Waals surface area contributed by atoms with Crippen LogP contribution >= 0.6 is 0 Å². The fourth-order valence-corrected chi connectivity index (χ4v) is 2.53. The monoisotopic (exact) mass is 395 g/mol. The molecular weight excluding hydrogens is 374 g/mol. The van der Waals surface area contributed by atoms with Crippen LogP contribution in [0.15, 0.2) is 30.7 Å². The van der Waals surface area contributed by atoms with Crippen LogP contribution in [0.1, 0.15) is 47.7 Å². The van der Waals surface area contributed by atoms with Gasteiger partial charge in [0.25, 0.3) is 0 Å². The molecule has 0 radical (unpaired) electrons. The van der Waals surface area contributed by atoms with Gasteiger partial charge in [0, 0.05) is 31.5 Å². The number of nitrogens with zero attached hydrogens (tertiary/aromatic N) is 3. The van der Waals surface area contributed by atoms with Crippen molar-refractivity contribution in [3.05, 3.63) is 53.2 Å². The van der Waals surface area contributed by atoms with Gasteiger partial charge < -0.3 is 4.90 Å². The van der Waals surface area contributed by atoms with Gasteiger partial charge in [0.2, 0.25) is 0 Å². The van der Waals surface area contributed by atoms with E-state index in [9.17, 15) is 22.4 Å². The second-order valence-corrected chi connectivity index (χ2v) is 6.38. The Morgan fingerprint density at radius 3 is 2.36 bits per heavy atom. The summed E-state index contributed by atoms with van der Waals surface area (Å²) in [6.45, 7) is 2.94.